The number of hydrogen-bond donors (Lipinski definition) is 2. The van der Waals surface area contributed by atoms with E-state index in [0.717, 1.165) is 39.0 Å². The van der Waals surface area contributed by atoms with Crippen molar-refractivity contribution < 1.29 is 24.6 Å². The third kappa shape index (κ3) is 6.51. The second-order valence-corrected chi connectivity index (χ2v) is 4.70. The molecular weight excluding hydrogens is 264 g/mol. The second-order valence-electron chi connectivity index (χ2n) is 4.70. The first-order chi connectivity index (χ1) is 9.33. The zero-order chi connectivity index (χ0) is 15.7. The maximum Gasteiger partial charge on any atom is 0.414 e. The standard InChI is InChI=1S/C11H22N2O.C2H2O4/c1-4-13(5-2)11(14)10-6-8-12(3)9-7-10;3-1(4)2(5)6/h10H,4-9H2,1-3H3;(H,3,4)(H,5,6). The summed E-state index contributed by atoms with van der Waals surface area (Å²) in [4.78, 5) is 34.4. The molecule has 0 aromatic carbocycles. The van der Waals surface area contributed by atoms with E-state index in [1.54, 1.807) is 0 Å². The Hall–Kier alpha value is -1.63. The number of piperidine rings is 1. The summed E-state index contributed by atoms with van der Waals surface area (Å²) in [7, 11) is 2.12. The highest BCUT2D eigenvalue weighted by molar-refractivity contribution is 6.27. The SMILES string of the molecule is CCN(CC)C(=O)C1CCN(C)CC1.O=C(O)C(=O)O. The molecule has 1 amide bonds. The van der Waals surface area contributed by atoms with Gasteiger partial charge in [0.25, 0.3) is 0 Å². The predicted molar refractivity (Wildman–Crippen MR) is 73.4 cm³/mol. The molecule has 0 aliphatic carbocycles. The lowest BCUT2D eigenvalue weighted by Crippen LogP contribution is -2.41. The lowest BCUT2D eigenvalue weighted by Gasteiger charge is -2.31. The zero-order valence-electron chi connectivity index (χ0n) is 12.3. The second kappa shape index (κ2) is 9.30. The molecule has 0 aromatic heterocycles. The van der Waals surface area contributed by atoms with Crippen molar-refractivity contribution in [3.05, 3.63) is 0 Å². The summed E-state index contributed by atoms with van der Waals surface area (Å²) < 4.78 is 0. The molecule has 1 heterocycles. The fourth-order valence-corrected chi connectivity index (χ4v) is 2.05. The van der Waals surface area contributed by atoms with E-state index >= 15 is 0 Å². The van der Waals surface area contributed by atoms with Gasteiger partial charge >= 0.3 is 11.9 Å². The maximum atomic E-state index is 12.0. The zero-order valence-corrected chi connectivity index (χ0v) is 12.3. The van der Waals surface area contributed by atoms with Crippen LogP contribution in [0.15, 0.2) is 0 Å². The number of nitrogens with zero attached hydrogens (tertiary/aromatic N) is 2. The molecule has 1 aliphatic rings. The molecule has 7 heteroatoms. The van der Waals surface area contributed by atoms with Crippen LogP contribution in [0.25, 0.3) is 0 Å². The number of likely N-dealkylation sites (tertiary alicyclic amines) is 1. The summed E-state index contributed by atoms with van der Waals surface area (Å²) in [5.74, 6) is -3.00. The van der Waals surface area contributed by atoms with Crippen molar-refractivity contribution in [2.75, 3.05) is 33.2 Å². The van der Waals surface area contributed by atoms with Crippen LogP contribution in [-0.4, -0.2) is 71.1 Å². The molecule has 0 atom stereocenters. The topological polar surface area (TPSA) is 98.2 Å². The van der Waals surface area contributed by atoms with Gasteiger partial charge in [0, 0.05) is 19.0 Å². The number of aliphatic carboxylic acids is 2. The monoisotopic (exact) mass is 288 g/mol. The lowest BCUT2D eigenvalue weighted by atomic mass is 9.95. The molecule has 0 spiro atoms. The molecule has 1 saturated heterocycles. The number of carbonyl (C=O) groups is 3. The molecule has 7 nitrogen and oxygen atoms in total. The average molecular weight is 288 g/mol. The van der Waals surface area contributed by atoms with Crippen molar-refractivity contribution in [1.29, 1.82) is 0 Å². The fourth-order valence-electron chi connectivity index (χ4n) is 2.05. The van der Waals surface area contributed by atoms with Crippen molar-refractivity contribution in [2.45, 2.75) is 26.7 Å². The first kappa shape index (κ1) is 18.4. The van der Waals surface area contributed by atoms with Crippen LogP contribution in [0.4, 0.5) is 0 Å². The minimum atomic E-state index is -1.82. The summed E-state index contributed by atoms with van der Waals surface area (Å²) >= 11 is 0. The number of carbonyl (C=O) groups excluding carboxylic acids is 1. The van der Waals surface area contributed by atoms with Gasteiger partial charge in [0.05, 0.1) is 0 Å². The number of hydrogen-bond acceptors (Lipinski definition) is 4. The Bertz CT molecular complexity index is 322. The summed E-state index contributed by atoms with van der Waals surface area (Å²) in [5.41, 5.74) is 0. The molecule has 0 unspecified atom stereocenters. The molecule has 1 rings (SSSR count). The number of carboxylic acid groups (broad SMARTS) is 2. The quantitative estimate of drug-likeness (QED) is 0.727. The van der Waals surface area contributed by atoms with E-state index in [1.807, 2.05) is 4.90 Å². The van der Waals surface area contributed by atoms with Gasteiger partial charge in [-0.15, -0.1) is 0 Å². The third-order valence-electron chi connectivity index (χ3n) is 3.33. The van der Waals surface area contributed by atoms with Crippen LogP contribution in [0.5, 0.6) is 0 Å². The van der Waals surface area contributed by atoms with Gasteiger partial charge < -0.3 is 20.0 Å². The van der Waals surface area contributed by atoms with Crippen LogP contribution in [-0.2, 0) is 14.4 Å². The van der Waals surface area contributed by atoms with Gasteiger partial charge in [0.2, 0.25) is 5.91 Å². The van der Waals surface area contributed by atoms with Crippen LogP contribution in [0.3, 0.4) is 0 Å². The molecule has 0 saturated carbocycles. The van der Waals surface area contributed by atoms with Gasteiger partial charge in [0.15, 0.2) is 0 Å². The Morgan fingerprint density at radius 1 is 1.05 bits per heavy atom. The molecule has 0 bridgehead atoms. The summed E-state index contributed by atoms with van der Waals surface area (Å²) in [6.45, 7) is 7.94. The van der Waals surface area contributed by atoms with Crippen LogP contribution in [0.2, 0.25) is 0 Å². The Kier molecular flexibility index (Phi) is 8.54. The van der Waals surface area contributed by atoms with E-state index < -0.39 is 11.9 Å². The average Bonchev–Trinajstić information content (AvgIpc) is 2.41. The lowest BCUT2D eigenvalue weighted by molar-refractivity contribution is -0.159. The normalized spacial score (nSPS) is 15.9. The third-order valence-corrected chi connectivity index (χ3v) is 3.33. The Balaban J connectivity index is 0.000000511. The van der Waals surface area contributed by atoms with Crippen molar-refractivity contribution in [1.82, 2.24) is 9.80 Å². The molecule has 116 valence electrons. The Morgan fingerprint density at radius 2 is 1.45 bits per heavy atom. The number of amides is 1. The highest BCUT2D eigenvalue weighted by Crippen LogP contribution is 2.18. The van der Waals surface area contributed by atoms with E-state index in [0.29, 0.717) is 5.91 Å². The van der Waals surface area contributed by atoms with Crippen LogP contribution in [0, 0.1) is 5.92 Å². The molecule has 2 N–H and O–H groups in total. The van der Waals surface area contributed by atoms with Gasteiger partial charge in [-0.05, 0) is 46.8 Å². The van der Waals surface area contributed by atoms with E-state index in [4.69, 9.17) is 19.8 Å². The molecule has 20 heavy (non-hydrogen) atoms. The summed E-state index contributed by atoms with van der Waals surface area (Å²) in [6.07, 6.45) is 2.07. The van der Waals surface area contributed by atoms with Gasteiger partial charge in [-0.25, -0.2) is 9.59 Å². The Labute approximate surface area is 119 Å². The van der Waals surface area contributed by atoms with Gasteiger partial charge in [-0.3, -0.25) is 4.79 Å². The minimum absolute atomic E-state index is 0.283. The van der Waals surface area contributed by atoms with Crippen molar-refractivity contribution in [3.8, 4) is 0 Å². The molecule has 0 radical (unpaired) electrons. The van der Waals surface area contributed by atoms with E-state index in [9.17, 15) is 4.79 Å². The van der Waals surface area contributed by atoms with Crippen LogP contribution >= 0.6 is 0 Å². The highest BCUT2D eigenvalue weighted by atomic mass is 16.4. The van der Waals surface area contributed by atoms with E-state index in [1.165, 1.54) is 0 Å². The smallest absolute Gasteiger partial charge is 0.414 e. The highest BCUT2D eigenvalue weighted by Gasteiger charge is 2.25. The molecule has 1 fully saturated rings. The van der Waals surface area contributed by atoms with Crippen molar-refractivity contribution in [2.24, 2.45) is 5.92 Å². The predicted octanol–water partition coefficient (Wildman–Crippen LogP) is 0.352. The van der Waals surface area contributed by atoms with Crippen molar-refractivity contribution in [3.63, 3.8) is 0 Å². The number of rotatable bonds is 3. The van der Waals surface area contributed by atoms with Gasteiger partial charge in [-0.1, -0.05) is 0 Å². The first-order valence-corrected chi connectivity index (χ1v) is 6.76. The maximum absolute atomic E-state index is 12.0. The van der Waals surface area contributed by atoms with E-state index in [2.05, 4.69) is 25.8 Å². The van der Waals surface area contributed by atoms with Gasteiger partial charge in [0.1, 0.15) is 0 Å². The first-order valence-electron chi connectivity index (χ1n) is 6.76. The molecule has 1 aliphatic heterocycles. The summed E-state index contributed by atoms with van der Waals surface area (Å²) in [6, 6.07) is 0. The molecular formula is C13H24N2O5. The largest absolute Gasteiger partial charge is 0.473 e. The van der Waals surface area contributed by atoms with Gasteiger partial charge in [-0.2, -0.15) is 0 Å². The Morgan fingerprint density at radius 3 is 1.75 bits per heavy atom. The van der Waals surface area contributed by atoms with Crippen LogP contribution in [0.1, 0.15) is 26.7 Å². The van der Waals surface area contributed by atoms with Crippen molar-refractivity contribution >= 4 is 17.8 Å². The number of carboxylic acids is 2. The molecule has 0 aromatic rings. The fraction of sp³-hybridized carbons (Fsp3) is 0.769. The minimum Gasteiger partial charge on any atom is -0.473 e. The van der Waals surface area contributed by atoms with E-state index in [-0.39, 0.29) is 5.92 Å². The van der Waals surface area contributed by atoms with Crippen LogP contribution < -0.4 is 0 Å². The summed E-state index contributed by atoms with van der Waals surface area (Å²) in [5, 5.41) is 14.8.